The van der Waals surface area contributed by atoms with Gasteiger partial charge in [0.25, 0.3) is 0 Å². The van der Waals surface area contributed by atoms with Gasteiger partial charge in [0.2, 0.25) is 0 Å². The maximum atomic E-state index is 5.58. The molecule has 3 atom stereocenters. The van der Waals surface area contributed by atoms with E-state index < -0.39 is 0 Å². The standard InChI is InChI=1S/C7H11NOS/c8-7(10)5-3-4-1-2-6(5)9-4/h4-6H,1-3H2,(H2,8,10). The Labute approximate surface area is 65.7 Å². The zero-order valence-corrected chi connectivity index (χ0v) is 6.56. The molecule has 3 unspecified atom stereocenters. The van der Waals surface area contributed by atoms with Crippen LogP contribution in [0.5, 0.6) is 0 Å². The lowest BCUT2D eigenvalue weighted by molar-refractivity contribution is 0.0997. The Morgan fingerprint density at radius 3 is 2.60 bits per heavy atom. The van der Waals surface area contributed by atoms with Crippen LogP contribution in [0.25, 0.3) is 0 Å². The molecule has 2 aliphatic heterocycles. The summed E-state index contributed by atoms with van der Waals surface area (Å²) in [7, 11) is 0. The number of fused-ring (bicyclic) bond motifs is 2. The lowest BCUT2D eigenvalue weighted by atomic mass is 9.89. The highest BCUT2D eigenvalue weighted by atomic mass is 32.1. The summed E-state index contributed by atoms with van der Waals surface area (Å²) in [6.45, 7) is 0. The van der Waals surface area contributed by atoms with Crippen LogP contribution in [0, 0.1) is 5.92 Å². The third-order valence-electron chi connectivity index (χ3n) is 2.47. The molecule has 2 aliphatic rings. The first-order valence-electron chi connectivity index (χ1n) is 3.72. The fourth-order valence-electron chi connectivity index (χ4n) is 1.94. The van der Waals surface area contributed by atoms with Crippen molar-refractivity contribution in [1.29, 1.82) is 0 Å². The fourth-order valence-corrected chi connectivity index (χ4v) is 2.19. The Bertz CT molecular complexity index is 171. The summed E-state index contributed by atoms with van der Waals surface area (Å²) in [6.07, 6.45) is 4.27. The van der Waals surface area contributed by atoms with Crippen LogP contribution in [-0.4, -0.2) is 17.2 Å². The molecule has 0 aromatic heterocycles. The highest BCUT2D eigenvalue weighted by molar-refractivity contribution is 7.80. The van der Waals surface area contributed by atoms with Crippen LogP contribution in [0.4, 0.5) is 0 Å². The number of hydrogen-bond acceptors (Lipinski definition) is 2. The van der Waals surface area contributed by atoms with E-state index in [0.717, 1.165) is 12.8 Å². The molecular formula is C7H11NOS. The average molecular weight is 157 g/mol. The van der Waals surface area contributed by atoms with E-state index in [9.17, 15) is 0 Å². The van der Waals surface area contributed by atoms with Crippen LogP contribution in [-0.2, 0) is 4.74 Å². The van der Waals surface area contributed by atoms with Crippen LogP contribution in [0.15, 0.2) is 0 Å². The maximum Gasteiger partial charge on any atom is 0.0785 e. The zero-order chi connectivity index (χ0) is 7.14. The van der Waals surface area contributed by atoms with Gasteiger partial charge in [-0.3, -0.25) is 0 Å². The smallest absolute Gasteiger partial charge is 0.0785 e. The number of ether oxygens (including phenoxy) is 1. The Morgan fingerprint density at radius 1 is 1.50 bits per heavy atom. The lowest BCUT2D eigenvalue weighted by Gasteiger charge is -2.15. The van der Waals surface area contributed by atoms with Crippen molar-refractivity contribution < 1.29 is 4.74 Å². The predicted molar refractivity (Wildman–Crippen MR) is 42.8 cm³/mol. The van der Waals surface area contributed by atoms with Crippen molar-refractivity contribution in [2.75, 3.05) is 0 Å². The molecule has 2 N–H and O–H groups in total. The maximum absolute atomic E-state index is 5.58. The minimum absolute atomic E-state index is 0.363. The summed E-state index contributed by atoms with van der Waals surface area (Å²) in [5.41, 5.74) is 5.54. The fraction of sp³-hybridized carbons (Fsp3) is 0.857. The quantitative estimate of drug-likeness (QED) is 0.573. The molecule has 0 spiro atoms. The normalized spacial score (nSPS) is 44.2. The second-order valence-corrected chi connectivity index (χ2v) is 3.59. The Morgan fingerprint density at radius 2 is 2.30 bits per heavy atom. The molecule has 0 amide bonds. The summed E-state index contributed by atoms with van der Waals surface area (Å²) >= 11 is 4.92. The van der Waals surface area contributed by atoms with Crippen LogP contribution in [0.2, 0.25) is 0 Å². The van der Waals surface area contributed by atoms with Gasteiger partial charge in [-0.05, 0) is 19.3 Å². The lowest BCUT2D eigenvalue weighted by Crippen LogP contribution is -2.29. The molecule has 3 heteroatoms. The topological polar surface area (TPSA) is 35.2 Å². The Kier molecular flexibility index (Phi) is 1.42. The molecule has 2 heterocycles. The Hall–Kier alpha value is -0.150. The molecule has 2 nitrogen and oxygen atoms in total. The zero-order valence-electron chi connectivity index (χ0n) is 5.75. The summed E-state index contributed by atoms with van der Waals surface area (Å²) in [5.74, 6) is 0.383. The second-order valence-electron chi connectivity index (χ2n) is 3.12. The summed E-state index contributed by atoms with van der Waals surface area (Å²) < 4.78 is 5.58. The van der Waals surface area contributed by atoms with Gasteiger partial charge in [0.15, 0.2) is 0 Å². The minimum Gasteiger partial charge on any atom is -0.393 e. The first kappa shape index (κ1) is 6.55. The summed E-state index contributed by atoms with van der Waals surface area (Å²) in [4.78, 5) is 0.646. The van der Waals surface area contributed by atoms with Gasteiger partial charge in [-0.25, -0.2) is 0 Å². The SMILES string of the molecule is NC(=S)C1CC2CCC1O2. The van der Waals surface area contributed by atoms with Crippen LogP contribution in [0.3, 0.4) is 0 Å². The molecule has 56 valence electrons. The van der Waals surface area contributed by atoms with Crippen LogP contribution in [0.1, 0.15) is 19.3 Å². The molecule has 2 rings (SSSR count). The molecule has 0 aromatic rings. The average Bonchev–Trinajstić information content (AvgIpc) is 2.44. The van der Waals surface area contributed by atoms with Gasteiger partial charge < -0.3 is 10.5 Å². The van der Waals surface area contributed by atoms with E-state index >= 15 is 0 Å². The molecule has 0 aliphatic carbocycles. The molecular weight excluding hydrogens is 146 g/mol. The third-order valence-corrected chi connectivity index (χ3v) is 2.77. The van der Waals surface area contributed by atoms with Gasteiger partial charge in [-0.2, -0.15) is 0 Å². The minimum atomic E-state index is 0.363. The number of hydrogen-bond donors (Lipinski definition) is 1. The van der Waals surface area contributed by atoms with Crippen molar-refractivity contribution >= 4 is 17.2 Å². The van der Waals surface area contributed by atoms with E-state index in [0.29, 0.717) is 23.1 Å². The molecule has 0 aromatic carbocycles. The molecule has 10 heavy (non-hydrogen) atoms. The van der Waals surface area contributed by atoms with Crippen molar-refractivity contribution in [1.82, 2.24) is 0 Å². The van der Waals surface area contributed by atoms with Gasteiger partial charge >= 0.3 is 0 Å². The van der Waals surface area contributed by atoms with Gasteiger partial charge in [0, 0.05) is 5.92 Å². The van der Waals surface area contributed by atoms with E-state index in [1.54, 1.807) is 0 Å². The number of nitrogens with two attached hydrogens (primary N) is 1. The molecule has 0 saturated carbocycles. The highest BCUT2D eigenvalue weighted by Crippen LogP contribution is 2.38. The van der Waals surface area contributed by atoms with E-state index in [-0.39, 0.29) is 0 Å². The van der Waals surface area contributed by atoms with E-state index in [4.69, 9.17) is 22.7 Å². The van der Waals surface area contributed by atoms with E-state index in [2.05, 4.69) is 0 Å². The monoisotopic (exact) mass is 157 g/mol. The van der Waals surface area contributed by atoms with E-state index in [1.165, 1.54) is 6.42 Å². The highest BCUT2D eigenvalue weighted by Gasteiger charge is 2.41. The predicted octanol–water partition coefficient (Wildman–Crippen LogP) is 0.840. The second kappa shape index (κ2) is 2.17. The van der Waals surface area contributed by atoms with Crippen LogP contribution >= 0.6 is 12.2 Å². The summed E-state index contributed by atoms with van der Waals surface area (Å²) in [5, 5.41) is 0. The largest absolute Gasteiger partial charge is 0.393 e. The first-order chi connectivity index (χ1) is 4.77. The molecule has 2 fully saturated rings. The number of rotatable bonds is 1. The molecule has 0 radical (unpaired) electrons. The van der Waals surface area contributed by atoms with Gasteiger partial charge in [-0.15, -0.1) is 0 Å². The summed E-state index contributed by atoms with van der Waals surface area (Å²) in [6, 6.07) is 0. The number of thiocarbonyl (C=S) groups is 1. The van der Waals surface area contributed by atoms with Crippen molar-refractivity contribution in [3.63, 3.8) is 0 Å². The van der Waals surface area contributed by atoms with Crippen molar-refractivity contribution in [2.45, 2.75) is 31.5 Å². The van der Waals surface area contributed by atoms with Crippen molar-refractivity contribution in [3.8, 4) is 0 Å². The van der Waals surface area contributed by atoms with Gasteiger partial charge in [0.1, 0.15) is 0 Å². The first-order valence-corrected chi connectivity index (χ1v) is 4.13. The van der Waals surface area contributed by atoms with Crippen molar-refractivity contribution in [2.24, 2.45) is 11.7 Å². The van der Waals surface area contributed by atoms with Crippen molar-refractivity contribution in [3.05, 3.63) is 0 Å². The Balaban J connectivity index is 2.08. The van der Waals surface area contributed by atoms with E-state index in [1.807, 2.05) is 0 Å². The van der Waals surface area contributed by atoms with Crippen LogP contribution < -0.4 is 5.73 Å². The third kappa shape index (κ3) is 0.847. The van der Waals surface area contributed by atoms with Gasteiger partial charge in [0.05, 0.1) is 17.2 Å². The molecule has 2 bridgehead atoms. The molecule has 2 saturated heterocycles. The van der Waals surface area contributed by atoms with Gasteiger partial charge in [-0.1, -0.05) is 12.2 Å².